The number of para-hydroxylation sites is 1. The quantitative estimate of drug-likeness (QED) is 0.448. The van der Waals surface area contributed by atoms with Gasteiger partial charge in [-0.2, -0.15) is 0 Å². The lowest BCUT2D eigenvalue weighted by molar-refractivity contribution is -0.130. The number of carbonyl (C=O) groups excluding carboxylic acids is 1. The molecule has 2 N–H and O–H groups in total. The van der Waals surface area contributed by atoms with E-state index in [4.69, 9.17) is 26.4 Å². The first-order chi connectivity index (χ1) is 17.4. The van der Waals surface area contributed by atoms with Gasteiger partial charge in [-0.3, -0.25) is 9.69 Å². The maximum atomic E-state index is 13.9. The van der Waals surface area contributed by atoms with Crippen LogP contribution >= 0.6 is 12.2 Å². The van der Waals surface area contributed by atoms with E-state index >= 15 is 0 Å². The zero-order valence-electron chi connectivity index (χ0n) is 20.7. The average molecular weight is 504 g/mol. The largest absolute Gasteiger partial charge is 0.497 e. The summed E-state index contributed by atoms with van der Waals surface area (Å²) in [5.74, 6) is 1.14. The molecular weight excluding hydrogens is 474 g/mol. The zero-order chi connectivity index (χ0) is 25.4. The molecule has 0 saturated carbocycles. The molecule has 1 fully saturated rings. The van der Waals surface area contributed by atoms with Crippen LogP contribution in [0, 0.1) is 12.8 Å². The lowest BCUT2D eigenvalue weighted by atomic mass is 9.78. The minimum atomic E-state index is -1.13. The summed E-state index contributed by atoms with van der Waals surface area (Å²) in [6.07, 6.45) is 0. The predicted octanol–water partition coefficient (Wildman–Crippen LogP) is 5.20. The molecule has 5 rings (SSSR count). The van der Waals surface area contributed by atoms with Crippen LogP contribution in [0.3, 0.4) is 0 Å². The number of fused-ring (bicyclic) bond motifs is 4. The number of anilines is 2. The Morgan fingerprint density at radius 1 is 1.14 bits per heavy atom. The second kappa shape index (κ2) is 9.35. The van der Waals surface area contributed by atoms with Crippen LogP contribution in [-0.2, 0) is 4.79 Å². The van der Waals surface area contributed by atoms with E-state index in [0.29, 0.717) is 34.7 Å². The Hall–Kier alpha value is -3.78. The van der Waals surface area contributed by atoms with Crippen molar-refractivity contribution in [1.29, 1.82) is 0 Å². The van der Waals surface area contributed by atoms with Crippen LogP contribution < -0.4 is 29.7 Å². The second-order valence-corrected chi connectivity index (χ2v) is 9.44. The summed E-state index contributed by atoms with van der Waals surface area (Å²) in [6.45, 7) is 6.37. The Labute approximate surface area is 216 Å². The third kappa shape index (κ3) is 4.01. The number of nitrogens with one attached hydrogen (secondary N) is 2. The highest BCUT2D eigenvalue weighted by atomic mass is 32.1. The molecule has 3 atom stereocenters. The number of carbonyl (C=O) groups is 1. The Kier molecular flexibility index (Phi) is 6.22. The smallest absolute Gasteiger partial charge is 0.236 e. The van der Waals surface area contributed by atoms with Crippen LogP contribution in [0.25, 0.3) is 0 Å². The minimum Gasteiger partial charge on any atom is -0.497 e. The van der Waals surface area contributed by atoms with Gasteiger partial charge in [0.1, 0.15) is 11.7 Å². The molecular formula is C28H29N3O4S. The molecule has 3 aromatic rings. The van der Waals surface area contributed by atoms with E-state index in [9.17, 15) is 4.79 Å². The van der Waals surface area contributed by atoms with Gasteiger partial charge in [-0.05, 0) is 75.5 Å². The number of amides is 1. The number of aryl methyl sites for hydroxylation is 1. The third-order valence-corrected chi connectivity index (χ3v) is 7.02. The van der Waals surface area contributed by atoms with Crippen LogP contribution in [0.15, 0.2) is 66.7 Å². The molecule has 0 aromatic heterocycles. The Morgan fingerprint density at radius 3 is 2.53 bits per heavy atom. The van der Waals surface area contributed by atoms with Gasteiger partial charge in [0.05, 0.1) is 19.8 Å². The number of rotatable bonds is 6. The van der Waals surface area contributed by atoms with E-state index < -0.39 is 17.7 Å². The Morgan fingerprint density at radius 2 is 1.86 bits per heavy atom. The summed E-state index contributed by atoms with van der Waals surface area (Å²) < 4.78 is 17.9. The molecule has 2 aliphatic rings. The van der Waals surface area contributed by atoms with E-state index in [1.165, 1.54) is 0 Å². The lowest BCUT2D eigenvalue weighted by Crippen LogP contribution is -2.72. The van der Waals surface area contributed by atoms with E-state index in [0.717, 1.165) is 16.8 Å². The van der Waals surface area contributed by atoms with Crippen molar-refractivity contribution in [3.63, 3.8) is 0 Å². The van der Waals surface area contributed by atoms with Gasteiger partial charge in [-0.15, -0.1) is 0 Å². The van der Waals surface area contributed by atoms with Gasteiger partial charge >= 0.3 is 0 Å². The van der Waals surface area contributed by atoms with Crippen molar-refractivity contribution in [3.8, 4) is 17.2 Å². The normalized spacial score (nSPS) is 22.1. The Balaban J connectivity index is 1.61. The minimum absolute atomic E-state index is 0.188. The first-order valence-corrected chi connectivity index (χ1v) is 12.3. The number of benzene rings is 3. The van der Waals surface area contributed by atoms with E-state index in [-0.39, 0.29) is 5.91 Å². The van der Waals surface area contributed by atoms with Gasteiger partial charge in [-0.1, -0.05) is 29.8 Å². The molecule has 1 amide bonds. The molecule has 0 unspecified atom stereocenters. The molecule has 0 radical (unpaired) electrons. The van der Waals surface area contributed by atoms with E-state index in [1.807, 2.05) is 92.4 Å². The number of ether oxygens (including phenoxy) is 3. The van der Waals surface area contributed by atoms with Gasteiger partial charge in [0, 0.05) is 16.9 Å². The second-order valence-electron chi connectivity index (χ2n) is 9.06. The molecule has 2 heterocycles. The summed E-state index contributed by atoms with van der Waals surface area (Å²) in [5, 5.41) is 7.00. The summed E-state index contributed by atoms with van der Waals surface area (Å²) in [4.78, 5) is 15.8. The maximum absolute atomic E-state index is 13.9. The van der Waals surface area contributed by atoms with Crippen LogP contribution in [0.4, 0.5) is 11.4 Å². The van der Waals surface area contributed by atoms with Crippen molar-refractivity contribution in [2.45, 2.75) is 32.5 Å². The SMILES string of the molecule is CCOc1cccc2c1O[C@@]1(C)[C@@H](C(=O)Nc3ccc(OC)cc3)[C@@H]2NC(=S)N1c1ccc(C)cc1. The van der Waals surface area contributed by atoms with Crippen molar-refractivity contribution in [1.82, 2.24) is 5.32 Å². The molecule has 1 saturated heterocycles. The van der Waals surface area contributed by atoms with E-state index in [1.54, 1.807) is 7.11 Å². The van der Waals surface area contributed by atoms with Crippen LogP contribution in [0.1, 0.15) is 31.0 Å². The monoisotopic (exact) mass is 503 g/mol. The van der Waals surface area contributed by atoms with Gasteiger partial charge in [-0.25, -0.2) is 0 Å². The topological polar surface area (TPSA) is 72.1 Å². The van der Waals surface area contributed by atoms with Crippen molar-refractivity contribution in [3.05, 3.63) is 77.9 Å². The standard InChI is InChI=1S/C28H29N3O4S/c1-5-34-22-8-6-7-21-24-23(26(32)29-18-11-15-20(33-4)16-12-18)28(3,35-25(21)22)31(27(36)30-24)19-13-9-17(2)10-14-19/h6-16,23-24H,5H2,1-4H3,(H,29,32)(H,30,36)/t23-,24-,28+/m1/s1. The third-order valence-electron chi connectivity index (χ3n) is 6.72. The number of methoxy groups -OCH3 is 1. The van der Waals surface area contributed by atoms with Crippen molar-refractivity contribution in [2.24, 2.45) is 5.92 Å². The average Bonchev–Trinajstić information content (AvgIpc) is 2.86. The number of hydrogen-bond acceptors (Lipinski definition) is 5. The van der Waals surface area contributed by atoms with Crippen LogP contribution in [-0.4, -0.2) is 30.5 Å². The van der Waals surface area contributed by atoms with Crippen molar-refractivity contribution < 1.29 is 19.0 Å². The highest BCUT2D eigenvalue weighted by molar-refractivity contribution is 7.80. The molecule has 8 heteroatoms. The van der Waals surface area contributed by atoms with Gasteiger partial charge < -0.3 is 24.8 Å². The zero-order valence-corrected chi connectivity index (χ0v) is 21.5. The number of hydrogen-bond donors (Lipinski definition) is 2. The summed E-state index contributed by atoms with van der Waals surface area (Å²) in [7, 11) is 1.61. The highest BCUT2D eigenvalue weighted by Gasteiger charge is 2.59. The lowest BCUT2D eigenvalue weighted by Gasteiger charge is -2.56. The highest BCUT2D eigenvalue weighted by Crippen LogP contribution is 2.52. The fourth-order valence-corrected chi connectivity index (χ4v) is 5.43. The van der Waals surface area contributed by atoms with Gasteiger partial charge in [0.15, 0.2) is 22.3 Å². The molecule has 2 bridgehead atoms. The molecule has 3 aromatic carbocycles. The summed E-state index contributed by atoms with van der Waals surface area (Å²) >= 11 is 5.84. The molecule has 0 aliphatic carbocycles. The fraction of sp³-hybridized carbons (Fsp3) is 0.286. The Bertz CT molecular complexity index is 1300. The van der Waals surface area contributed by atoms with Crippen molar-refractivity contribution in [2.75, 3.05) is 23.9 Å². The van der Waals surface area contributed by atoms with Gasteiger partial charge in [0.2, 0.25) is 5.91 Å². The first kappa shape index (κ1) is 23.9. The summed E-state index contributed by atoms with van der Waals surface area (Å²) in [6, 6.07) is 20.6. The van der Waals surface area contributed by atoms with Crippen molar-refractivity contribution >= 4 is 34.6 Å². The molecule has 186 valence electrons. The maximum Gasteiger partial charge on any atom is 0.236 e. The fourth-order valence-electron chi connectivity index (χ4n) is 5.02. The molecule has 36 heavy (non-hydrogen) atoms. The van der Waals surface area contributed by atoms with Crippen LogP contribution in [0.2, 0.25) is 0 Å². The predicted molar refractivity (Wildman–Crippen MR) is 144 cm³/mol. The molecule has 2 aliphatic heterocycles. The van der Waals surface area contributed by atoms with E-state index in [2.05, 4.69) is 10.6 Å². The molecule has 7 nitrogen and oxygen atoms in total. The first-order valence-electron chi connectivity index (χ1n) is 11.9. The molecule has 0 spiro atoms. The van der Waals surface area contributed by atoms with Gasteiger partial charge in [0.25, 0.3) is 0 Å². The number of thiocarbonyl (C=S) groups is 1. The summed E-state index contributed by atoms with van der Waals surface area (Å²) in [5.41, 5.74) is 2.33. The van der Waals surface area contributed by atoms with Crippen LogP contribution in [0.5, 0.6) is 17.2 Å². The number of nitrogens with zero attached hydrogens (tertiary/aromatic N) is 1.